The number of hydrogen-bond acceptors (Lipinski definition) is 3. The third-order valence-electron chi connectivity index (χ3n) is 1.79. The maximum absolute atomic E-state index is 5.33. The topological polar surface area (TPSA) is 62.4 Å². The van der Waals surface area contributed by atoms with Crippen LogP contribution in [0.1, 0.15) is 6.92 Å². The fourth-order valence-electron chi connectivity index (χ4n) is 1.12. The first-order chi connectivity index (χ1) is 7.30. The van der Waals surface area contributed by atoms with Gasteiger partial charge in [-0.3, -0.25) is 10.4 Å². The second-order valence-corrected chi connectivity index (χ2v) is 3.70. The number of hydrogen-bond donors (Lipinski definition) is 3. The minimum atomic E-state index is 0.579. The molecule has 4 nitrogen and oxygen atoms in total. The molecule has 0 atom stereocenters. The van der Waals surface area contributed by atoms with Crippen LogP contribution in [-0.4, -0.2) is 18.8 Å². The van der Waals surface area contributed by atoms with Gasteiger partial charge in [0, 0.05) is 17.1 Å². The van der Waals surface area contributed by atoms with Gasteiger partial charge in [0.2, 0.25) is 5.96 Å². The summed E-state index contributed by atoms with van der Waals surface area (Å²) in [4.78, 5) is 5.36. The van der Waals surface area contributed by atoms with E-state index in [-0.39, 0.29) is 0 Å². The molecule has 0 bridgehead atoms. The summed E-state index contributed by atoms with van der Waals surface area (Å²) in [5.41, 5.74) is 3.50. The van der Waals surface area contributed by atoms with Crippen molar-refractivity contribution in [2.45, 2.75) is 11.8 Å². The van der Waals surface area contributed by atoms with Crippen LogP contribution in [0.15, 0.2) is 34.2 Å². The Morgan fingerprint density at radius 3 is 2.93 bits per heavy atom. The minimum Gasteiger partial charge on any atom is -0.325 e. The summed E-state index contributed by atoms with van der Waals surface area (Å²) >= 11 is 1.70. The van der Waals surface area contributed by atoms with Crippen LogP contribution >= 0.6 is 11.8 Å². The summed E-state index contributed by atoms with van der Waals surface area (Å²) < 4.78 is 0. The first kappa shape index (κ1) is 11.9. The maximum atomic E-state index is 5.33. The molecule has 0 aliphatic carbocycles. The molecule has 0 amide bonds. The monoisotopic (exact) mass is 224 g/mol. The minimum absolute atomic E-state index is 0.579. The van der Waals surface area contributed by atoms with E-state index >= 15 is 0 Å². The molecule has 0 saturated carbocycles. The largest absolute Gasteiger partial charge is 0.325 e. The molecule has 0 saturated heterocycles. The number of hydrazine groups is 1. The number of nitrogens with two attached hydrogens (primary N) is 1. The fourth-order valence-corrected chi connectivity index (χ4v) is 1.58. The van der Waals surface area contributed by atoms with E-state index in [9.17, 15) is 0 Å². The van der Waals surface area contributed by atoms with Crippen molar-refractivity contribution >= 4 is 23.4 Å². The molecule has 82 valence electrons. The molecule has 0 heterocycles. The first-order valence-electron chi connectivity index (χ1n) is 4.72. The van der Waals surface area contributed by atoms with Gasteiger partial charge in [0.25, 0.3) is 0 Å². The molecule has 0 unspecified atom stereocenters. The van der Waals surface area contributed by atoms with Crippen LogP contribution < -0.4 is 16.6 Å². The Labute approximate surface area is 94.3 Å². The normalized spacial score (nSPS) is 11.3. The number of thioether (sulfide) groups is 1. The fraction of sp³-hybridized carbons (Fsp3) is 0.300. The lowest BCUT2D eigenvalue weighted by atomic mass is 10.3. The number of guanidine groups is 1. The second kappa shape index (κ2) is 6.31. The van der Waals surface area contributed by atoms with Crippen LogP contribution in [0.25, 0.3) is 0 Å². The van der Waals surface area contributed by atoms with E-state index in [2.05, 4.69) is 21.8 Å². The molecule has 0 aliphatic rings. The van der Waals surface area contributed by atoms with Crippen LogP contribution in [-0.2, 0) is 0 Å². The van der Waals surface area contributed by atoms with Gasteiger partial charge in [-0.25, -0.2) is 5.84 Å². The van der Waals surface area contributed by atoms with Crippen LogP contribution in [0.4, 0.5) is 5.69 Å². The lowest BCUT2D eigenvalue weighted by Crippen LogP contribution is -2.36. The highest BCUT2D eigenvalue weighted by molar-refractivity contribution is 7.98. The van der Waals surface area contributed by atoms with Crippen LogP contribution in [0, 0.1) is 0 Å². The van der Waals surface area contributed by atoms with Crippen molar-refractivity contribution < 1.29 is 0 Å². The highest BCUT2D eigenvalue weighted by Crippen LogP contribution is 2.18. The molecular weight excluding hydrogens is 208 g/mol. The second-order valence-electron chi connectivity index (χ2n) is 2.82. The van der Waals surface area contributed by atoms with Gasteiger partial charge in [-0.2, -0.15) is 0 Å². The average Bonchev–Trinajstić information content (AvgIpc) is 2.29. The van der Waals surface area contributed by atoms with Gasteiger partial charge in [0.1, 0.15) is 0 Å². The molecule has 0 fully saturated rings. The van der Waals surface area contributed by atoms with Crippen molar-refractivity contribution in [3.63, 3.8) is 0 Å². The van der Waals surface area contributed by atoms with E-state index in [0.717, 1.165) is 5.69 Å². The summed E-state index contributed by atoms with van der Waals surface area (Å²) in [5, 5.41) is 3.10. The Morgan fingerprint density at radius 1 is 1.53 bits per heavy atom. The zero-order chi connectivity index (χ0) is 11.1. The predicted molar refractivity (Wildman–Crippen MR) is 67.1 cm³/mol. The van der Waals surface area contributed by atoms with E-state index in [1.54, 1.807) is 11.8 Å². The quantitative estimate of drug-likeness (QED) is 0.240. The molecule has 1 rings (SSSR count). The number of nitrogens with one attached hydrogen (secondary N) is 2. The first-order valence-corrected chi connectivity index (χ1v) is 5.94. The molecule has 4 N–H and O–H groups in total. The Morgan fingerprint density at radius 2 is 2.33 bits per heavy atom. The van der Waals surface area contributed by atoms with Crippen LogP contribution in [0.5, 0.6) is 0 Å². The van der Waals surface area contributed by atoms with Gasteiger partial charge in [-0.15, -0.1) is 11.8 Å². The summed E-state index contributed by atoms with van der Waals surface area (Å²) in [6.07, 6.45) is 2.04. The number of anilines is 1. The zero-order valence-electron chi connectivity index (χ0n) is 8.95. The molecular formula is C10H16N4S. The van der Waals surface area contributed by atoms with Crippen LogP contribution in [0.3, 0.4) is 0 Å². The van der Waals surface area contributed by atoms with E-state index < -0.39 is 0 Å². The van der Waals surface area contributed by atoms with Crippen molar-refractivity contribution in [2.24, 2.45) is 10.8 Å². The Bertz CT molecular complexity index is 338. The Hall–Kier alpha value is -1.20. The van der Waals surface area contributed by atoms with Crippen molar-refractivity contribution in [2.75, 3.05) is 18.1 Å². The van der Waals surface area contributed by atoms with Gasteiger partial charge in [0.15, 0.2) is 0 Å². The van der Waals surface area contributed by atoms with Gasteiger partial charge in [-0.05, 0) is 31.4 Å². The summed E-state index contributed by atoms with van der Waals surface area (Å²) in [5.74, 6) is 5.91. The lowest BCUT2D eigenvalue weighted by molar-refractivity contribution is 0.986. The SMILES string of the molecule is CCN=C(NN)Nc1cccc(SC)c1. The molecule has 5 heteroatoms. The van der Waals surface area contributed by atoms with Crippen molar-refractivity contribution in [3.05, 3.63) is 24.3 Å². The Balaban J connectivity index is 2.74. The van der Waals surface area contributed by atoms with Gasteiger partial charge >= 0.3 is 0 Å². The number of rotatable bonds is 3. The molecule has 0 aromatic heterocycles. The van der Waals surface area contributed by atoms with Crippen LogP contribution in [0.2, 0.25) is 0 Å². The van der Waals surface area contributed by atoms with Crippen molar-refractivity contribution in [1.29, 1.82) is 0 Å². The highest BCUT2D eigenvalue weighted by atomic mass is 32.2. The van der Waals surface area contributed by atoms with E-state index in [0.29, 0.717) is 12.5 Å². The molecule has 15 heavy (non-hydrogen) atoms. The Kier molecular flexibility index (Phi) is 5.00. The molecule has 0 spiro atoms. The van der Waals surface area contributed by atoms with Crippen molar-refractivity contribution in [3.8, 4) is 0 Å². The number of nitrogens with zero attached hydrogens (tertiary/aromatic N) is 1. The third kappa shape index (κ3) is 3.81. The lowest BCUT2D eigenvalue weighted by Gasteiger charge is -2.09. The molecule has 0 radical (unpaired) electrons. The van der Waals surface area contributed by atoms with Crippen molar-refractivity contribution in [1.82, 2.24) is 5.43 Å². The smallest absolute Gasteiger partial charge is 0.210 e. The standard InChI is InChI=1S/C10H16N4S/c1-3-12-10(14-11)13-8-5-4-6-9(7-8)15-2/h4-7H,3,11H2,1-2H3,(H2,12,13,14). The van der Waals surface area contributed by atoms with Gasteiger partial charge in [-0.1, -0.05) is 6.07 Å². The summed E-state index contributed by atoms with van der Waals surface area (Å²) in [7, 11) is 0. The number of aliphatic imine (C=N–C) groups is 1. The van der Waals surface area contributed by atoms with Gasteiger partial charge < -0.3 is 5.32 Å². The summed E-state index contributed by atoms with van der Waals surface area (Å²) in [6, 6.07) is 8.08. The van der Waals surface area contributed by atoms with E-state index in [4.69, 9.17) is 5.84 Å². The van der Waals surface area contributed by atoms with E-state index in [1.807, 2.05) is 31.4 Å². The zero-order valence-corrected chi connectivity index (χ0v) is 9.77. The molecule has 1 aromatic carbocycles. The maximum Gasteiger partial charge on any atom is 0.210 e. The third-order valence-corrected chi connectivity index (χ3v) is 2.51. The predicted octanol–water partition coefficient (Wildman–Crippen LogP) is 1.66. The highest BCUT2D eigenvalue weighted by Gasteiger charge is 1.97. The van der Waals surface area contributed by atoms with Gasteiger partial charge in [0.05, 0.1) is 0 Å². The molecule has 0 aliphatic heterocycles. The number of benzene rings is 1. The van der Waals surface area contributed by atoms with E-state index in [1.165, 1.54) is 4.90 Å². The average molecular weight is 224 g/mol. The molecule has 1 aromatic rings. The summed E-state index contributed by atoms with van der Waals surface area (Å²) in [6.45, 7) is 2.64.